The summed E-state index contributed by atoms with van der Waals surface area (Å²) < 4.78 is 26.8. The van der Waals surface area contributed by atoms with Crippen LogP contribution >= 0.6 is 11.3 Å². The van der Waals surface area contributed by atoms with Gasteiger partial charge in [-0.15, -0.1) is 0 Å². The lowest BCUT2D eigenvalue weighted by Gasteiger charge is -2.18. The Bertz CT molecular complexity index is 511. The van der Waals surface area contributed by atoms with E-state index >= 15 is 0 Å². The van der Waals surface area contributed by atoms with Crippen LogP contribution < -0.4 is 5.32 Å². The number of benzene rings is 1. The second kappa shape index (κ2) is 6.78. The van der Waals surface area contributed by atoms with E-state index in [4.69, 9.17) is 0 Å². The van der Waals surface area contributed by atoms with Gasteiger partial charge < -0.3 is 5.32 Å². The number of rotatable bonds is 6. The van der Waals surface area contributed by atoms with Gasteiger partial charge in [0.25, 0.3) is 0 Å². The highest BCUT2D eigenvalue weighted by atomic mass is 32.1. The third-order valence-corrected chi connectivity index (χ3v) is 3.76. The average Bonchev–Trinajstić information content (AvgIpc) is 2.87. The predicted molar refractivity (Wildman–Crippen MR) is 75.5 cm³/mol. The van der Waals surface area contributed by atoms with Crippen LogP contribution in [-0.4, -0.2) is 12.6 Å². The first-order chi connectivity index (χ1) is 9.19. The summed E-state index contributed by atoms with van der Waals surface area (Å²) in [5.41, 5.74) is 1.66. The number of hydrogen-bond donors (Lipinski definition) is 1. The van der Waals surface area contributed by atoms with E-state index in [1.54, 1.807) is 11.3 Å². The Labute approximate surface area is 116 Å². The van der Waals surface area contributed by atoms with Crippen LogP contribution in [0, 0.1) is 11.6 Å². The van der Waals surface area contributed by atoms with Gasteiger partial charge in [0, 0.05) is 6.04 Å². The Kier molecular flexibility index (Phi) is 5.05. The van der Waals surface area contributed by atoms with Crippen molar-refractivity contribution in [2.45, 2.75) is 25.8 Å². The standard InChI is InChI=1S/C15H17F2NS/c1-2-18-14(7-11-5-6-19-10-11)9-12-8-13(16)3-4-15(12)17/h3-6,8,10,14,18H,2,7,9H2,1H3. The van der Waals surface area contributed by atoms with Crippen LogP contribution in [0.3, 0.4) is 0 Å². The lowest BCUT2D eigenvalue weighted by atomic mass is 10.00. The van der Waals surface area contributed by atoms with Gasteiger partial charge in [0.05, 0.1) is 0 Å². The van der Waals surface area contributed by atoms with Crippen LogP contribution in [0.5, 0.6) is 0 Å². The minimum Gasteiger partial charge on any atom is -0.314 e. The van der Waals surface area contributed by atoms with E-state index in [0.29, 0.717) is 12.0 Å². The fourth-order valence-corrected chi connectivity index (χ4v) is 2.85. The molecule has 102 valence electrons. The van der Waals surface area contributed by atoms with Crippen LogP contribution in [0.1, 0.15) is 18.1 Å². The van der Waals surface area contributed by atoms with Crippen LogP contribution in [0.4, 0.5) is 8.78 Å². The van der Waals surface area contributed by atoms with E-state index in [1.165, 1.54) is 17.7 Å². The first kappa shape index (κ1) is 14.2. The molecule has 1 nitrogen and oxygen atoms in total. The molecule has 0 bridgehead atoms. The molecule has 1 aromatic carbocycles. The zero-order valence-corrected chi connectivity index (χ0v) is 11.6. The number of halogens is 2. The molecule has 2 aromatic rings. The van der Waals surface area contributed by atoms with Crippen molar-refractivity contribution in [3.63, 3.8) is 0 Å². The summed E-state index contributed by atoms with van der Waals surface area (Å²) in [6, 6.07) is 5.82. The Morgan fingerprint density at radius 2 is 2.05 bits per heavy atom. The topological polar surface area (TPSA) is 12.0 Å². The fraction of sp³-hybridized carbons (Fsp3) is 0.333. The van der Waals surface area contributed by atoms with Gasteiger partial charge in [-0.1, -0.05) is 6.92 Å². The number of hydrogen-bond acceptors (Lipinski definition) is 2. The second-order valence-electron chi connectivity index (χ2n) is 4.53. The SMILES string of the molecule is CCNC(Cc1ccsc1)Cc1cc(F)ccc1F. The van der Waals surface area contributed by atoms with E-state index < -0.39 is 0 Å². The molecule has 0 spiro atoms. The molecular weight excluding hydrogens is 264 g/mol. The summed E-state index contributed by atoms with van der Waals surface area (Å²) in [6.45, 7) is 2.83. The highest BCUT2D eigenvalue weighted by Gasteiger charge is 2.13. The molecule has 19 heavy (non-hydrogen) atoms. The average molecular weight is 281 g/mol. The first-order valence-corrected chi connectivity index (χ1v) is 7.31. The van der Waals surface area contributed by atoms with Gasteiger partial charge >= 0.3 is 0 Å². The first-order valence-electron chi connectivity index (χ1n) is 6.37. The monoisotopic (exact) mass is 281 g/mol. The fourth-order valence-electron chi connectivity index (χ4n) is 2.16. The number of thiophene rings is 1. The molecule has 2 rings (SSSR count). The molecule has 0 amide bonds. The molecule has 0 radical (unpaired) electrons. The minimum absolute atomic E-state index is 0.121. The molecule has 1 heterocycles. The molecule has 0 fully saturated rings. The highest BCUT2D eigenvalue weighted by Crippen LogP contribution is 2.15. The molecule has 4 heteroatoms. The van der Waals surface area contributed by atoms with Crippen LogP contribution in [0.25, 0.3) is 0 Å². The van der Waals surface area contributed by atoms with Crippen molar-refractivity contribution in [2.75, 3.05) is 6.54 Å². The summed E-state index contributed by atoms with van der Waals surface area (Å²) in [6.07, 6.45) is 1.32. The Hall–Kier alpha value is -1.26. The van der Waals surface area contributed by atoms with E-state index in [1.807, 2.05) is 12.3 Å². The lowest BCUT2D eigenvalue weighted by molar-refractivity contribution is 0.502. The molecular formula is C15H17F2NS. The van der Waals surface area contributed by atoms with Gasteiger partial charge in [0.15, 0.2) is 0 Å². The molecule has 0 saturated heterocycles. The van der Waals surface area contributed by atoms with Gasteiger partial charge in [-0.2, -0.15) is 11.3 Å². The second-order valence-corrected chi connectivity index (χ2v) is 5.31. The molecule has 0 saturated carbocycles. The van der Waals surface area contributed by atoms with Crippen molar-refractivity contribution in [3.05, 3.63) is 57.8 Å². The molecule has 1 atom stereocenters. The largest absolute Gasteiger partial charge is 0.314 e. The predicted octanol–water partition coefficient (Wildman–Crippen LogP) is 3.79. The van der Waals surface area contributed by atoms with Crippen molar-refractivity contribution in [2.24, 2.45) is 0 Å². The van der Waals surface area contributed by atoms with Gasteiger partial charge in [-0.3, -0.25) is 0 Å². The molecule has 0 aliphatic heterocycles. The summed E-state index contributed by atoms with van der Waals surface area (Å²) in [4.78, 5) is 0. The quantitative estimate of drug-likeness (QED) is 0.849. The van der Waals surface area contributed by atoms with Crippen molar-refractivity contribution in [1.82, 2.24) is 5.32 Å². The normalized spacial score (nSPS) is 12.6. The maximum Gasteiger partial charge on any atom is 0.126 e. The zero-order valence-electron chi connectivity index (χ0n) is 10.8. The van der Waals surface area contributed by atoms with Gasteiger partial charge in [0.2, 0.25) is 0 Å². The summed E-state index contributed by atoms with van der Waals surface area (Å²) in [5.74, 6) is -0.725. The molecule has 0 aliphatic carbocycles. The van der Waals surface area contributed by atoms with Crippen LogP contribution in [0.2, 0.25) is 0 Å². The van der Waals surface area contributed by atoms with E-state index in [0.717, 1.165) is 19.0 Å². The van der Waals surface area contributed by atoms with E-state index in [9.17, 15) is 8.78 Å². The molecule has 1 aromatic heterocycles. The summed E-state index contributed by atoms with van der Waals surface area (Å²) >= 11 is 1.65. The van der Waals surface area contributed by atoms with Crippen molar-refractivity contribution >= 4 is 11.3 Å². The Morgan fingerprint density at radius 1 is 1.21 bits per heavy atom. The molecule has 1 N–H and O–H groups in total. The van der Waals surface area contributed by atoms with Gasteiger partial charge in [-0.05, 0) is 65.5 Å². The molecule has 1 unspecified atom stereocenters. The van der Waals surface area contributed by atoms with Crippen molar-refractivity contribution in [3.8, 4) is 0 Å². The lowest BCUT2D eigenvalue weighted by Crippen LogP contribution is -2.33. The van der Waals surface area contributed by atoms with E-state index in [2.05, 4.69) is 16.8 Å². The van der Waals surface area contributed by atoms with Crippen molar-refractivity contribution < 1.29 is 8.78 Å². The smallest absolute Gasteiger partial charge is 0.126 e. The summed E-state index contributed by atoms with van der Waals surface area (Å²) in [7, 11) is 0. The Morgan fingerprint density at radius 3 is 2.74 bits per heavy atom. The third-order valence-electron chi connectivity index (χ3n) is 3.03. The molecule has 0 aliphatic rings. The maximum atomic E-state index is 13.7. The summed E-state index contributed by atoms with van der Waals surface area (Å²) in [5, 5.41) is 7.45. The number of likely N-dealkylation sites (N-methyl/N-ethyl adjacent to an activating group) is 1. The van der Waals surface area contributed by atoms with Gasteiger partial charge in [0.1, 0.15) is 11.6 Å². The highest BCUT2D eigenvalue weighted by molar-refractivity contribution is 7.07. The number of nitrogens with one attached hydrogen (secondary N) is 1. The van der Waals surface area contributed by atoms with Gasteiger partial charge in [-0.25, -0.2) is 8.78 Å². The minimum atomic E-state index is -0.387. The van der Waals surface area contributed by atoms with Crippen LogP contribution in [0.15, 0.2) is 35.0 Å². The maximum absolute atomic E-state index is 13.7. The third kappa shape index (κ3) is 4.11. The van der Waals surface area contributed by atoms with Crippen LogP contribution in [-0.2, 0) is 12.8 Å². The Balaban J connectivity index is 2.09. The zero-order chi connectivity index (χ0) is 13.7. The van der Waals surface area contributed by atoms with Crippen molar-refractivity contribution in [1.29, 1.82) is 0 Å². The van der Waals surface area contributed by atoms with E-state index in [-0.39, 0.29) is 17.7 Å².